The lowest BCUT2D eigenvalue weighted by Gasteiger charge is -2.20. The van der Waals surface area contributed by atoms with Gasteiger partial charge in [-0.15, -0.1) is 11.3 Å². The van der Waals surface area contributed by atoms with Crippen molar-refractivity contribution in [2.24, 2.45) is 5.92 Å². The van der Waals surface area contributed by atoms with Crippen LogP contribution in [0.3, 0.4) is 0 Å². The van der Waals surface area contributed by atoms with Crippen LogP contribution in [0.2, 0.25) is 5.02 Å². The Kier molecular flexibility index (Phi) is 5.98. The molecule has 3 aromatic rings. The fourth-order valence-electron chi connectivity index (χ4n) is 3.16. The number of carbonyl (C=O) groups is 1. The second-order valence-corrected chi connectivity index (χ2v) is 8.41. The van der Waals surface area contributed by atoms with Crippen molar-refractivity contribution in [2.75, 3.05) is 5.32 Å². The maximum Gasteiger partial charge on any atom is 0.233 e. The van der Waals surface area contributed by atoms with Gasteiger partial charge in [-0.25, -0.2) is 4.98 Å². The number of hydrogen-bond acceptors (Lipinski definition) is 3. The summed E-state index contributed by atoms with van der Waals surface area (Å²) in [6.07, 6.45) is 0. The zero-order valence-electron chi connectivity index (χ0n) is 15.9. The third kappa shape index (κ3) is 4.57. The zero-order valence-corrected chi connectivity index (χ0v) is 17.5. The van der Waals surface area contributed by atoms with Crippen molar-refractivity contribution in [3.8, 4) is 11.3 Å². The maximum absolute atomic E-state index is 12.9. The lowest BCUT2D eigenvalue weighted by atomic mass is 9.88. The number of hydrogen-bond donors (Lipinski definition) is 1. The van der Waals surface area contributed by atoms with Crippen molar-refractivity contribution in [1.82, 2.24) is 4.98 Å². The molecule has 0 radical (unpaired) electrons. The van der Waals surface area contributed by atoms with Crippen LogP contribution in [0, 0.1) is 19.8 Å². The minimum Gasteiger partial charge on any atom is -0.301 e. The first-order valence-electron chi connectivity index (χ1n) is 8.94. The summed E-state index contributed by atoms with van der Waals surface area (Å²) < 4.78 is 0. The first-order chi connectivity index (χ1) is 12.8. The second-order valence-electron chi connectivity index (χ2n) is 7.12. The summed E-state index contributed by atoms with van der Waals surface area (Å²) in [6.45, 7) is 8.23. The number of anilines is 1. The molecule has 140 valence electrons. The van der Waals surface area contributed by atoms with Gasteiger partial charge in [-0.1, -0.05) is 55.3 Å². The van der Waals surface area contributed by atoms with E-state index in [1.165, 1.54) is 22.5 Å². The molecule has 1 N–H and O–H groups in total. The van der Waals surface area contributed by atoms with E-state index in [0.29, 0.717) is 10.2 Å². The summed E-state index contributed by atoms with van der Waals surface area (Å²) in [7, 11) is 0. The van der Waals surface area contributed by atoms with Gasteiger partial charge in [0, 0.05) is 16.0 Å². The van der Waals surface area contributed by atoms with Gasteiger partial charge in [-0.2, -0.15) is 0 Å². The number of rotatable bonds is 5. The molecule has 27 heavy (non-hydrogen) atoms. The molecule has 0 aliphatic rings. The molecule has 3 rings (SSSR count). The highest BCUT2D eigenvalue weighted by Gasteiger charge is 2.25. The number of aromatic nitrogens is 1. The van der Waals surface area contributed by atoms with Gasteiger partial charge in [0.05, 0.1) is 11.6 Å². The highest BCUT2D eigenvalue weighted by molar-refractivity contribution is 7.14. The first kappa shape index (κ1) is 19.6. The number of aryl methyl sites for hydroxylation is 2. The third-order valence-electron chi connectivity index (χ3n) is 4.58. The van der Waals surface area contributed by atoms with Crippen molar-refractivity contribution in [2.45, 2.75) is 33.6 Å². The zero-order chi connectivity index (χ0) is 19.6. The normalized spacial score (nSPS) is 12.2. The topological polar surface area (TPSA) is 42.0 Å². The second kappa shape index (κ2) is 8.24. The summed E-state index contributed by atoms with van der Waals surface area (Å²) in [5.41, 5.74) is 5.31. The van der Waals surface area contributed by atoms with Crippen LogP contribution >= 0.6 is 22.9 Å². The predicted molar refractivity (Wildman–Crippen MR) is 115 cm³/mol. The summed E-state index contributed by atoms with van der Waals surface area (Å²) in [5.74, 6) is -0.144. The van der Waals surface area contributed by atoms with Crippen molar-refractivity contribution in [1.29, 1.82) is 0 Å². The molecule has 0 saturated carbocycles. The molecular weight excluding hydrogens is 376 g/mol. The van der Waals surface area contributed by atoms with Crippen LogP contribution in [-0.2, 0) is 4.79 Å². The van der Waals surface area contributed by atoms with Crippen molar-refractivity contribution in [3.63, 3.8) is 0 Å². The molecular formula is C22H23ClN2OS. The predicted octanol–water partition coefficient (Wildman–Crippen LogP) is 6.46. The van der Waals surface area contributed by atoms with Gasteiger partial charge in [0.25, 0.3) is 0 Å². The Morgan fingerprint density at radius 2 is 1.81 bits per heavy atom. The maximum atomic E-state index is 12.9. The Bertz CT molecular complexity index is 947. The Morgan fingerprint density at radius 1 is 1.11 bits per heavy atom. The van der Waals surface area contributed by atoms with Gasteiger partial charge in [0.1, 0.15) is 0 Å². The molecule has 5 heteroatoms. The fraction of sp³-hybridized carbons (Fsp3) is 0.273. The molecule has 0 aliphatic carbocycles. The van der Waals surface area contributed by atoms with Crippen LogP contribution in [0.4, 0.5) is 5.13 Å². The summed E-state index contributed by atoms with van der Waals surface area (Å²) in [4.78, 5) is 17.6. The minimum atomic E-state index is -0.254. The van der Waals surface area contributed by atoms with Crippen LogP contribution in [0.1, 0.15) is 36.5 Å². The first-order valence-corrected chi connectivity index (χ1v) is 10.2. The van der Waals surface area contributed by atoms with E-state index in [9.17, 15) is 4.79 Å². The molecule has 3 nitrogen and oxygen atoms in total. The highest BCUT2D eigenvalue weighted by atomic mass is 35.5. The standard InChI is InChI=1S/C22H23ClN2OS/c1-13(2)20(16-7-9-17(23)10-8-16)21(26)25-22-24-19(12-27-22)18-11-14(3)5-6-15(18)4/h5-13,20H,1-4H3,(H,24,25,26)/t20-/m0/s1. The molecule has 0 fully saturated rings. The SMILES string of the molecule is Cc1ccc(C)c(-c2csc(NC(=O)[C@H](c3ccc(Cl)cc3)C(C)C)n2)c1. The molecule has 0 saturated heterocycles. The van der Waals surface area contributed by atoms with Crippen LogP contribution < -0.4 is 5.32 Å². The van der Waals surface area contributed by atoms with Gasteiger partial charge in [-0.3, -0.25) is 4.79 Å². The van der Waals surface area contributed by atoms with E-state index in [4.69, 9.17) is 11.6 Å². The average molecular weight is 399 g/mol. The molecule has 0 bridgehead atoms. The van der Waals surface area contributed by atoms with E-state index in [0.717, 1.165) is 16.8 Å². The molecule has 0 aliphatic heterocycles. The number of amides is 1. The number of halogens is 1. The van der Waals surface area contributed by atoms with E-state index < -0.39 is 0 Å². The summed E-state index contributed by atoms with van der Waals surface area (Å²) in [5, 5.41) is 6.27. The largest absolute Gasteiger partial charge is 0.301 e. The van der Waals surface area contributed by atoms with E-state index in [-0.39, 0.29) is 17.7 Å². The molecule has 1 heterocycles. The van der Waals surface area contributed by atoms with E-state index >= 15 is 0 Å². The molecule has 1 amide bonds. The lowest BCUT2D eigenvalue weighted by molar-refractivity contribution is -0.118. The van der Waals surface area contributed by atoms with E-state index in [1.807, 2.05) is 43.5 Å². The summed E-state index contributed by atoms with van der Waals surface area (Å²) in [6, 6.07) is 13.8. The van der Waals surface area contributed by atoms with Crippen LogP contribution in [-0.4, -0.2) is 10.9 Å². The van der Waals surface area contributed by atoms with Gasteiger partial charge in [0.15, 0.2) is 5.13 Å². The number of carbonyl (C=O) groups excluding carboxylic acids is 1. The summed E-state index contributed by atoms with van der Waals surface area (Å²) >= 11 is 7.43. The Morgan fingerprint density at radius 3 is 2.48 bits per heavy atom. The minimum absolute atomic E-state index is 0.0470. The van der Waals surface area contributed by atoms with Crippen LogP contribution in [0.25, 0.3) is 11.3 Å². The Balaban J connectivity index is 1.82. The Hall–Kier alpha value is -2.17. The number of nitrogens with zero attached hydrogens (tertiary/aromatic N) is 1. The smallest absolute Gasteiger partial charge is 0.233 e. The van der Waals surface area contributed by atoms with Crippen molar-refractivity contribution in [3.05, 3.63) is 69.6 Å². The lowest BCUT2D eigenvalue weighted by Crippen LogP contribution is -2.25. The highest BCUT2D eigenvalue weighted by Crippen LogP contribution is 2.31. The third-order valence-corrected chi connectivity index (χ3v) is 5.59. The quantitative estimate of drug-likeness (QED) is 0.535. The number of thiazole rings is 1. The van der Waals surface area contributed by atoms with Gasteiger partial charge < -0.3 is 5.32 Å². The number of nitrogens with one attached hydrogen (secondary N) is 1. The average Bonchev–Trinajstić information content (AvgIpc) is 3.07. The molecule has 1 atom stereocenters. The monoisotopic (exact) mass is 398 g/mol. The van der Waals surface area contributed by atoms with E-state index in [1.54, 1.807) is 0 Å². The van der Waals surface area contributed by atoms with E-state index in [2.05, 4.69) is 42.3 Å². The fourth-order valence-corrected chi connectivity index (χ4v) is 4.00. The molecule has 0 spiro atoms. The molecule has 0 unspecified atom stereocenters. The van der Waals surface area contributed by atoms with Crippen LogP contribution in [0.15, 0.2) is 47.8 Å². The van der Waals surface area contributed by atoms with Crippen molar-refractivity contribution < 1.29 is 4.79 Å². The van der Waals surface area contributed by atoms with Crippen molar-refractivity contribution >= 4 is 34.0 Å². The van der Waals surface area contributed by atoms with Gasteiger partial charge >= 0.3 is 0 Å². The molecule has 1 aromatic heterocycles. The molecule has 2 aromatic carbocycles. The number of benzene rings is 2. The van der Waals surface area contributed by atoms with Gasteiger partial charge in [0.2, 0.25) is 5.91 Å². The van der Waals surface area contributed by atoms with Crippen LogP contribution in [0.5, 0.6) is 0 Å². The van der Waals surface area contributed by atoms with Gasteiger partial charge in [-0.05, 0) is 49.1 Å². The Labute approximate surface area is 169 Å².